The van der Waals surface area contributed by atoms with Crippen LogP contribution in [0, 0.1) is 11.8 Å². The Bertz CT molecular complexity index is 838. The van der Waals surface area contributed by atoms with Crippen molar-refractivity contribution in [2.75, 3.05) is 31.1 Å². The summed E-state index contributed by atoms with van der Waals surface area (Å²) in [6.07, 6.45) is 2.34. The van der Waals surface area contributed by atoms with Crippen LogP contribution < -0.4 is 15.8 Å². The monoisotopic (exact) mass is 374 g/mol. The molecular formula is C20H34N6O. The minimum atomic E-state index is -0.171. The third kappa shape index (κ3) is 4.34. The van der Waals surface area contributed by atoms with Gasteiger partial charge in [0.05, 0.1) is 5.69 Å². The van der Waals surface area contributed by atoms with E-state index in [2.05, 4.69) is 54.9 Å². The molecule has 1 aliphatic heterocycles. The van der Waals surface area contributed by atoms with Crippen LogP contribution in [-0.4, -0.2) is 45.9 Å². The van der Waals surface area contributed by atoms with Gasteiger partial charge < -0.3 is 10.2 Å². The number of hydrogen-bond donors (Lipinski definition) is 2. The average molecular weight is 375 g/mol. The molecule has 3 heterocycles. The van der Waals surface area contributed by atoms with E-state index in [-0.39, 0.29) is 11.0 Å². The van der Waals surface area contributed by atoms with Gasteiger partial charge in [-0.1, -0.05) is 34.6 Å². The Balaban J connectivity index is 2.04. The molecule has 150 valence electrons. The summed E-state index contributed by atoms with van der Waals surface area (Å²) in [6.45, 7) is 14.7. The number of piperidine rings is 1. The summed E-state index contributed by atoms with van der Waals surface area (Å²) in [7, 11) is 1.81. The van der Waals surface area contributed by atoms with Crippen LogP contribution in [0.25, 0.3) is 11.0 Å². The maximum absolute atomic E-state index is 12.9. The number of anilines is 1. The van der Waals surface area contributed by atoms with Crippen molar-refractivity contribution >= 4 is 17.0 Å². The molecule has 3 rings (SSSR count). The predicted molar refractivity (Wildman–Crippen MR) is 110 cm³/mol. The highest BCUT2D eigenvalue weighted by Crippen LogP contribution is 2.27. The molecule has 0 aliphatic carbocycles. The number of nitrogens with one attached hydrogen (secondary N) is 2. The molecule has 0 atom stereocenters. The quantitative estimate of drug-likeness (QED) is 0.840. The molecular weight excluding hydrogens is 340 g/mol. The first-order valence-electron chi connectivity index (χ1n) is 10.1. The summed E-state index contributed by atoms with van der Waals surface area (Å²) in [5.74, 6) is 1.80. The second-order valence-corrected chi connectivity index (χ2v) is 9.30. The molecule has 2 N–H and O–H groups in total. The molecule has 0 spiro atoms. The Kier molecular flexibility index (Phi) is 5.60. The lowest BCUT2D eigenvalue weighted by molar-refractivity contribution is 0.367. The lowest BCUT2D eigenvalue weighted by atomic mass is 9.91. The van der Waals surface area contributed by atoms with Gasteiger partial charge in [-0.2, -0.15) is 5.10 Å². The van der Waals surface area contributed by atoms with Crippen molar-refractivity contribution in [3.8, 4) is 0 Å². The van der Waals surface area contributed by atoms with Crippen LogP contribution in [-0.2, 0) is 12.5 Å². The molecule has 0 amide bonds. The first-order chi connectivity index (χ1) is 12.7. The summed E-state index contributed by atoms with van der Waals surface area (Å²) < 4.78 is 1.66. The summed E-state index contributed by atoms with van der Waals surface area (Å²) in [4.78, 5) is 23.1. The summed E-state index contributed by atoms with van der Waals surface area (Å²) in [6, 6.07) is 0. The van der Waals surface area contributed by atoms with Crippen LogP contribution in [0.15, 0.2) is 4.79 Å². The van der Waals surface area contributed by atoms with Gasteiger partial charge in [0.15, 0.2) is 5.52 Å². The maximum Gasteiger partial charge on any atom is 0.278 e. The number of nitrogens with zero attached hydrogens (tertiary/aromatic N) is 4. The second kappa shape index (κ2) is 7.62. The van der Waals surface area contributed by atoms with E-state index < -0.39 is 0 Å². The Morgan fingerprint density at radius 3 is 2.52 bits per heavy atom. The number of rotatable bonds is 5. The standard InChI is InChI=1S/C20H34N6O/c1-13(2)11-26(12-14-7-9-21-10-8-14)19-22-15-16(18(27)23-19)25(6)24-17(15)20(3,4)5/h13-14,21H,7-12H2,1-6H3,(H,22,23,27). The Hall–Kier alpha value is -1.89. The van der Waals surface area contributed by atoms with E-state index in [9.17, 15) is 4.79 Å². The minimum absolute atomic E-state index is 0.112. The minimum Gasteiger partial charge on any atom is -0.342 e. The molecule has 1 fully saturated rings. The number of fused-ring (bicyclic) bond motifs is 1. The van der Waals surface area contributed by atoms with Crippen LogP contribution in [0.5, 0.6) is 0 Å². The van der Waals surface area contributed by atoms with E-state index in [1.165, 1.54) is 12.8 Å². The number of H-pyrrole nitrogens is 1. The zero-order valence-electron chi connectivity index (χ0n) is 17.6. The normalized spacial score (nSPS) is 16.4. The zero-order chi connectivity index (χ0) is 19.8. The number of aryl methyl sites for hydroxylation is 1. The van der Waals surface area contributed by atoms with Gasteiger partial charge in [-0.15, -0.1) is 0 Å². The number of aromatic nitrogens is 4. The molecule has 1 aliphatic rings. The second-order valence-electron chi connectivity index (χ2n) is 9.30. The van der Waals surface area contributed by atoms with Crippen molar-refractivity contribution in [3.63, 3.8) is 0 Å². The highest BCUT2D eigenvalue weighted by atomic mass is 16.1. The third-order valence-electron chi connectivity index (χ3n) is 5.21. The topological polar surface area (TPSA) is 78.8 Å². The largest absolute Gasteiger partial charge is 0.342 e. The van der Waals surface area contributed by atoms with Gasteiger partial charge in [0.1, 0.15) is 5.52 Å². The average Bonchev–Trinajstić information content (AvgIpc) is 2.92. The van der Waals surface area contributed by atoms with Crippen LogP contribution in [0.1, 0.15) is 53.2 Å². The Morgan fingerprint density at radius 1 is 1.26 bits per heavy atom. The van der Waals surface area contributed by atoms with Crippen molar-refractivity contribution in [2.24, 2.45) is 18.9 Å². The zero-order valence-corrected chi connectivity index (χ0v) is 17.6. The summed E-state index contributed by atoms with van der Waals surface area (Å²) in [5.41, 5.74) is 1.87. The fourth-order valence-electron chi connectivity index (χ4n) is 3.89. The van der Waals surface area contributed by atoms with Crippen molar-refractivity contribution in [3.05, 3.63) is 16.0 Å². The van der Waals surface area contributed by atoms with Crippen molar-refractivity contribution < 1.29 is 0 Å². The lowest BCUT2D eigenvalue weighted by Crippen LogP contribution is -2.39. The van der Waals surface area contributed by atoms with E-state index in [1.54, 1.807) is 4.68 Å². The molecule has 7 nitrogen and oxygen atoms in total. The van der Waals surface area contributed by atoms with Crippen LogP contribution in [0.2, 0.25) is 0 Å². The Morgan fingerprint density at radius 2 is 1.93 bits per heavy atom. The molecule has 2 aromatic heterocycles. The molecule has 0 saturated carbocycles. The third-order valence-corrected chi connectivity index (χ3v) is 5.21. The molecule has 27 heavy (non-hydrogen) atoms. The summed E-state index contributed by atoms with van der Waals surface area (Å²) in [5, 5.41) is 8.03. The van der Waals surface area contributed by atoms with E-state index in [1.807, 2.05) is 7.05 Å². The van der Waals surface area contributed by atoms with Crippen LogP contribution in [0.3, 0.4) is 0 Å². The molecule has 1 saturated heterocycles. The summed E-state index contributed by atoms with van der Waals surface area (Å²) >= 11 is 0. The van der Waals surface area contributed by atoms with Crippen LogP contribution in [0.4, 0.5) is 5.95 Å². The Labute approximate surface area is 161 Å². The van der Waals surface area contributed by atoms with Gasteiger partial charge in [-0.3, -0.25) is 14.5 Å². The van der Waals surface area contributed by atoms with E-state index in [0.29, 0.717) is 23.3 Å². The SMILES string of the molecule is CC(C)CN(CC1CCNCC1)c1nc2c(C(C)(C)C)nn(C)c2c(=O)[nH]1. The van der Waals surface area contributed by atoms with E-state index in [0.717, 1.165) is 37.4 Å². The maximum atomic E-state index is 12.9. The van der Waals surface area contributed by atoms with E-state index >= 15 is 0 Å². The van der Waals surface area contributed by atoms with Gasteiger partial charge >= 0.3 is 0 Å². The van der Waals surface area contributed by atoms with Gasteiger partial charge in [0, 0.05) is 25.6 Å². The van der Waals surface area contributed by atoms with Gasteiger partial charge in [0.2, 0.25) is 5.95 Å². The van der Waals surface area contributed by atoms with Gasteiger partial charge in [-0.25, -0.2) is 4.98 Å². The lowest BCUT2D eigenvalue weighted by Gasteiger charge is -2.31. The van der Waals surface area contributed by atoms with E-state index in [4.69, 9.17) is 4.98 Å². The fraction of sp³-hybridized carbons (Fsp3) is 0.750. The van der Waals surface area contributed by atoms with Gasteiger partial charge in [0.25, 0.3) is 5.56 Å². The van der Waals surface area contributed by atoms with Crippen LogP contribution >= 0.6 is 0 Å². The number of hydrogen-bond acceptors (Lipinski definition) is 5. The fourth-order valence-corrected chi connectivity index (χ4v) is 3.89. The molecule has 7 heteroatoms. The highest BCUT2D eigenvalue weighted by Gasteiger charge is 2.26. The molecule has 0 unspecified atom stereocenters. The molecule has 2 aromatic rings. The molecule has 0 radical (unpaired) electrons. The molecule has 0 aromatic carbocycles. The highest BCUT2D eigenvalue weighted by molar-refractivity contribution is 5.78. The molecule has 0 bridgehead atoms. The number of aromatic amines is 1. The first-order valence-corrected chi connectivity index (χ1v) is 10.1. The van der Waals surface area contributed by atoms with Crippen molar-refractivity contribution in [1.29, 1.82) is 0 Å². The first kappa shape index (κ1) is 19.9. The van der Waals surface area contributed by atoms with Crippen molar-refractivity contribution in [2.45, 2.75) is 52.9 Å². The van der Waals surface area contributed by atoms with Gasteiger partial charge in [-0.05, 0) is 37.8 Å². The van der Waals surface area contributed by atoms with Crippen molar-refractivity contribution in [1.82, 2.24) is 25.1 Å². The smallest absolute Gasteiger partial charge is 0.278 e. The predicted octanol–water partition coefficient (Wildman–Crippen LogP) is 2.42.